The number of hydrogen-bond acceptors (Lipinski definition) is 6. The van der Waals surface area contributed by atoms with E-state index in [1.165, 1.54) is 43.7 Å². The normalized spacial score (nSPS) is 11.7. The van der Waals surface area contributed by atoms with Crippen molar-refractivity contribution in [2.75, 3.05) is 18.0 Å². The third-order valence-corrected chi connectivity index (χ3v) is 7.70. The number of ether oxygens (including phenoxy) is 2. The third kappa shape index (κ3) is 7.67. The highest BCUT2D eigenvalue weighted by molar-refractivity contribution is 7.92. The van der Waals surface area contributed by atoms with Crippen LogP contribution < -0.4 is 19.2 Å². The molecule has 0 saturated carbocycles. The van der Waals surface area contributed by atoms with E-state index < -0.39 is 34.2 Å². The maximum absolute atomic E-state index is 13.4. The molecule has 0 aliphatic carbocycles. The number of anilines is 1. The van der Waals surface area contributed by atoms with Crippen molar-refractivity contribution >= 4 is 27.8 Å². The van der Waals surface area contributed by atoms with Crippen molar-refractivity contribution < 1.29 is 35.9 Å². The summed E-state index contributed by atoms with van der Waals surface area (Å²) < 4.78 is 78.6. The van der Waals surface area contributed by atoms with Crippen LogP contribution in [-0.2, 0) is 27.6 Å². The molecule has 42 heavy (non-hydrogen) atoms. The second kappa shape index (κ2) is 13.2. The molecular weight excluding hydrogens is 571 g/mol. The van der Waals surface area contributed by atoms with Crippen molar-refractivity contribution in [1.29, 1.82) is 0 Å². The van der Waals surface area contributed by atoms with Crippen LogP contribution in [0.4, 0.5) is 18.9 Å². The van der Waals surface area contributed by atoms with Gasteiger partial charge < -0.3 is 9.47 Å². The van der Waals surface area contributed by atoms with Gasteiger partial charge in [0.2, 0.25) is 0 Å². The van der Waals surface area contributed by atoms with Crippen molar-refractivity contribution in [3.63, 3.8) is 0 Å². The van der Waals surface area contributed by atoms with Gasteiger partial charge in [-0.15, -0.1) is 0 Å². The molecule has 0 unspecified atom stereocenters. The molecule has 1 N–H and O–H groups in total. The summed E-state index contributed by atoms with van der Waals surface area (Å²) in [5.74, 6) is 0.0363. The van der Waals surface area contributed by atoms with E-state index in [0.717, 1.165) is 17.7 Å². The maximum Gasteiger partial charge on any atom is 0.416 e. The minimum absolute atomic E-state index is 0.194. The molecule has 4 rings (SSSR count). The summed E-state index contributed by atoms with van der Waals surface area (Å²) >= 11 is 0. The monoisotopic (exact) mass is 597 g/mol. The third-order valence-electron chi connectivity index (χ3n) is 5.91. The van der Waals surface area contributed by atoms with Crippen LogP contribution in [0, 0.1) is 0 Å². The summed E-state index contributed by atoms with van der Waals surface area (Å²) in [5.41, 5.74) is 2.35. The van der Waals surface area contributed by atoms with Gasteiger partial charge in [-0.1, -0.05) is 54.6 Å². The lowest BCUT2D eigenvalue weighted by Crippen LogP contribution is -2.39. The summed E-state index contributed by atoms with van der Waals surface area (Å²) in [7, 11) is -2.93. The number of nitrogens with one attached hydrogen (secondary N) is 1. The number of sulfonamides is 1. The molecule has 0 saturated heterocycles. The lowest BCUT2D eigenvalue weighted by molar-refractivity contribution is -0.137. The van der Waals surface area contributed by atoms with Crippen LogP contribution in [0.15, 0.2) is 113 Å². The van der Waals surface area contributed by atoms with Gasteiger partial charge in [-0.3, -0.25) is 9.10 Å². The molecule has 0 heterocycles. The number of carbonyl (C=O) groups excluding carboxylic acids is 1. The fraction of sp³-hybridized carbons (Fsp3) is 0.133. The first-order valence-electron chi connectivity index (χ1n) is 12.5. The second-order valence-corrected chi connectivity index (χ2v) is 10.7. The van der Waals surface area contributed by atoms with E-state index in [-0.39, 0.29) is 10.6 Å². The number of carbonyl (C=O) groups is 1. The summed E-state index contributed by atoms with van der Waals surface area (Å²) in [4.78, 5) is 12.6. The highest BCUT2D eigenvalue weighted by Gasteiger charge is 2.33. The number of methoxy groups -OCH3 is 1. The van der Waals surface area contributed by atoms with Crippen LogP contribution in [0.25, 0.3) is 0 Å². The Hall–Kier alpha value is -4.84. The molecule has 0 aromatic heterocycles. The van der Waals surface area contributed by atoms with Gasteiger partial charge in [0, 0.05) is 0 Å². The molecule has 0 fully saturated rings. The van der Waals surface area contributed by atoms with E-state index >= 15 is 0 Å². The van der Waals surface area contributed by atoms with Crippen LogP contribution >= 0.6 is 0 Å². The number of rotatable bonds is 11. The van der Waals surface area contributed by atoms with E-state index in [1.54, 1.807) is 24.3 Å². The minimum Gasteiger partial charge on any atom is -0.493 e. The first kappa shape index (κ1) is 30.1. The first-order valence-corrected chi connectivity index (χ1v) is 13.9. The average Bonchev–Trinajstić information content (AvgIpc) is 2.99. The zero-order chi connectivity index (χ0) is 30.2. The van der Waals surface area contributed by atoms with Crippen molar-refractivity contribution in [2.45, 2.75) is 17.7 Å². The Bertz CT molecular complexity index is 1650. The van der Waals surface area contributed by atoms with Crippen LogP contribution in [0.2, 0.25) is 0 Å². The Balaban J connectivity index is 1.49. The van der Waals surface area contributed by atoms with Gasteiger partial charge in [0.15, 0.2) is 11.5 Å². The Labute approximate surface area is 241 Å². The summed E-state index contributed by atoms with van der Waals surface area (Å²) in [6, 6.07) is 25.4. The Morgan fingerprint density at radius 2 is 1.60 bits per heavy atom. The van der Waals surface area contributed by atoms with Crippen molar-refractivity contribution in [1.82, 2.24) is 5.43 Å². The quantitative estimate of drug-likeness (QED) is 0.178. The van der Waals surface area contributed by atoms with Crippen LogP contribution in [0.3, 0.4) is 0 Å². The van der Waals surface area contributed by atoms with E-state index in [2.05, 4.69) is 10.5 Å². The van der Waals surface area contributed by atoms with Gasteiger partial charge in [0.25, 0.3) is 15.9 Å². The fourth-order valence-corrected chi connectivity index (χ4v) is 5.27. The maximum atomic E-state index is 13.4. The number of alkyl halides is 3. The fourth-order valence-electron chi connectivity index (χ4n) is 3.84. The average molecular weight is 598 g/mol. The Morgan fingerprint density at radius 3 is 2.26 bits per heavy atom. The van der Waals surface area contributed by atoms with Gasteiger partial charge in [-0.05, 0) is 59.7 Å². The lowest BCUT2D eigenvalue weighted by atomic mass is 10.2. The number of nitrogens with zero attached hydrogens (tertiary/aromatic N) is 2. The number of hydrogen-bond donors (Lipinski definition) is 1. The van der Waals surface area contributed by atoms with Gasteiger partial charge in [-0.2, -0.15) is 18.3 Å². The van der Waals surface area contributed by atoms with E-state index in [4.69, 9.17) is 9.47 Å². The van der Waals surface area contributed by atoms with Crippen molar-refractivity contribution in [2.24, 2.45) is 5.10 Å². The largest absolute Gasteiger partial charge is 0.493 e. The molecular formula is C30H26F3N3O5S. The van der Waals surface area contributed by atoms with Crippen molar-refractivity contribution in [3.8, 4) is 11.5 Å². The van der Waals surface area contributed by atoms with Gasteiger partial charge in [0.05, 0.1) is 29.5 Å². The van der Waals surface area contributed by atoms with E-state index in [0.29, 0.717) is 34.0 Å². The summed E-state index contributed by atoms with van der Waals surface area (Å²) in [6.07, 6.45) is -3.41. The highest BCUT2D eigenvalue weighted by atomic mass is 32.2. The smallest absolute Gasteiger partial charge is 0.416 e. The zero-order valence-corrected chi connectivity index (χ0v) is 23.1. The van der Waals surface area contributed by atoms with E-state index in [9.17, 15) is 26.4 Å². The molecule has 0 radical (unpaired) electrons. The number of halogens is 3. The summed E-state index contributed by atoms with van der Waals surface area (Å²) in [5, 5.41) is 3.88. The second-order valence-electron chi connectivity index (χ2n) is 8.85. The van der Waals surface area contributed by atoms with Crippen LogP contribution in [-0.4, -0.2) is 34.2 Å². The molecule has 0 atom stereocenters. The SMILES string of the molecule is COc1cc(/C=N\NC(=O)CN(c2cccc(C(F)(F)F)c2)S(=O)(=O)c2ccccc2)ccc1OCc1ccccc1. The highest BCUT2D eigenvalue weighted by Crippen LogP contribution is 2.33. The van der Waals surface area contributed by atoms with Gasteiger partial charge >= 0.3 is 6.18 Å². The summed E-state index contributed by atoms with van der Waals surface area (Å²) in [6.45, 7) is -0.500. The molecule has 0 aliphatic heterocycles. The number of hydrazone groups is 1. The van der Waals surface area contributed by atoms with Crippen molar-refractivity contribution in [3.05, 3.63) is 120 Å². The topological polar surface area (TPSA) is 97.3 Å². The first-order chi connectivity index (χ1) is 20.1. The predicted molar refractivity (Wildman–Crippen MR) is 152 cm³/mol. The van der Waals surface area contributed by atoms with E-state index in [1.807, 2.05) is 30.3 Å². The molecule has 0 bridgehead atoms. The molecule has 0 aliphatic rings. The van der Waals surface area contributed by atoms with Gasteiger partial charge in [0.1, 0.15) is 13.2 Å². The number of benzene rings is 4. The zero-order valence-electron chi connectivity index (χ0n) is 22.3. The molecule has 218 valence electrons. The standard InChI is InChI=1S/C30H26F3N3O5S/c1-40-28-17-23(15-16-27(28)41-21-22-9-4-2-5-10-22)19-34-35-29(37)20-36(42(38,39)26-13-6-3-7-14-26)25-12-8-11-24(18-25)30(31,32)33/h2-19H,20-21H2,1H3,(H,35,37)/b34-19-. The number of amides is 1. The molecule has 8 nitrogen and oxygen atoms in total. The minimum atomic E-state index is -4.71. The van der Waals surface area contributed by atoms with Crippen LogP contribution in [0.5, 0.6) is 11.5 Å². The predicted octanol–water partition coefficient (Wildman–Crippen LogP) is 5.64. The Kier molecular flexibility index (Phi) is 9.48. The molecule has 4 aromatic carbocycles. The Morgan fingerprint density at radius 1 is 0.905 bits per heavy atom. The molecule has 0 spiro atoms. The lowest BCUT2D eigenvalue weighted by Gasteiger charge is -2.24. The molecule has 4 aromatic rings. The molecule has 12 heteroatoms. The van der Waals surface area contributed by atoms with Crippen LogP contribution in [0.1, 0.15) is 16.7 Å². The van der Waals surface area contributed by atoms with Gasteiger partial charge in [-0.25, -0.2) is 13.8 Å². The molecule has 1 amide bonds.